The van der Waals surface area contributed by atoms with Crippen LogP contribution in [0.3, 0.4) is 0 Å². The number of hydrogen-bond donors (Lipinski definition) is 2. The Kier molecular flexibility index (Phi) is 8.33. The van der Waals surface area contributed by atoms with Crippen LogP contribution in [0.2, 0.25) is 0 Å². The molecule has 0 spiro atoms. The van der Waals surface area contributed by atoms with Crippen molar-refractivity contribution in [1.82, 2.24) is 0 Å². The first-order chi connectivity index (χ1) is 15.9. The molecule has 6 nitrogen and oxygen atoms in total. The van der Waals surface area contributed by atoms with E-state index in [1.165, 1.54) is 18.2 Å². The Balaban J connectivity index is 1.84. The molecule has 33 heavy (non-hydrogen) atoms. The Hall–Kier alpha value is -3.51. The average molecular weight is 554 g/mol. The second kappa shape index (κ2) is 11.4. The Bertz CT molecular complexity index is 1210. The fourth-order valence-electron chi connectivity index (χ4n) is 3.09. The summed E-state index contributed by atoms with van der Waals surface area (Å²) in [5.74, 6) is 0.699. The van der Waals surface area contributed by atoms with E-state index in [2.05, 4.69) is 34.0 Å². The zero-order valence-corrected chi connectivity index (χ0v) is 20.4. The lowest BCUT2D eigenvalue weighted by Gasteiger charge is -2.15. The van der Waals surface area contributed by atoms with Crippen LogP contribution in [0.4, 0.5) is 5.69 Å². The molecule has 7 heteroatoms. The number of aromatic hydroxyl groups is 1. The maximum Gasteiger partial charge on any atom is 0.266 e. The summed E-state index contributed by atoms with van der Waals surface area (Å²) in [6.07, 6.45) is 1.50. The first-order valence-electron chi connectivity index (χ1n) is 10.3. The number of nitriles is 1. The van der Waals surface area contributed by atoms with Gasteiger partial charge in [-0.15, -0.1) is 0 Å². The number of carbonyl (C=O) groups is 1. The van der Waals surface area contributed by atoms with Crippen molar-refractivity contribution in [2.45, 2.75) is 20.5 Å². The van der Waals surface area contributed by atoms with Crippen LogP contribution in [0.1, 0.15) is 23.6 Å². The van der Waals surface area contributed by atoms with Crippen molar-refractivity contribution in [3.05, 3.63) is 86.5 Å². The first kappa shape index (κ1) is 24.1. The highest BCUT2D eigenvalue weighted by molar-refractivity contribution is 14.1. The lowest BCUT2D eigenvalue weighted by molar-refractivity contribution is -0.112. The summed E-state index contributed by atoms with van der Waals surface area (Å²) >= 11 is 2.16. The lowest BCUT2D eigenvalue weighted by atomic mass is 10.1. The molecule has 3 aromatic rings. The van der Waals surface area contributed by atoms with Crippen molar-refractivity contribution in [2.24, 2.45) is 0 Å². The number of carbonyl (C=O) groups excluding carboxylic acids is 1. The van der Waals surface area contributed by atoms with Gasteiger partial charge in [-0.25, -0.2) is 0 Å². The van der Waals surface area contributed by atoms with Crippen molar-refractivity contribution in [3.8, 4) is 23.3 Å². The smallest absolute Gasteiger partial charge is 0.266 e. The van der Waals surface area contributed by atoms with Gasteiger partial charge in [0.05, 0.1) is 10.2 Å². The fraction of sp³-hybridized carbons (Fsp3) is 0.154. The highest BCUT2D eigenvalue weighted by Gasteiger charge is 2.15. The van der Waals surface area contributed by atoms with E-state index in [4.69, 9.17) is 9.47 Å². The van der Waals surface area contributed by atoms with Gasteiger partial charge in [-0.2, -0.15) is 5.26 Å². The summed E-state index contributed by atoms with van der Waals surface area (Å²) in [7, 11) is 0. The van der Waals surface area contributed by atoms with Gasteiger partial charge in [-0.3, -0.25) is 4.79 Å². The van der Waals surface area contributed by atoms with E-state index in [1.807, 2.05) is 44.2 Å². The minimum Gasteiger partial charge on any atom is -0.508 e. The largest absolute Gasteiger partial charge is 0.508 e. The standard InChI is InChI=1S/C26H23IN2O4/c1-3-32-24-14-19(12-20(15-28)26(31)29-21-7-9-22(30)10-8-21)13-23(27)25(24)33-16-18-6-4-5-17(2)11-18/h4-14,30H,3,16H2,1-2H3,(H,29,31)/b20-12+. The molecule has 2 N–H and O–H groups in total. The third-order valence-electron chi connectivity index (χ3n) is 4.60. The molecule has 0 aliphatic rings. The van der Waals surface area contributed by atoms with Crippen molar-refractivity contribution in [2.75, 3.05) is 11.9 Å². The summed E-state index contributed by atoms with van der Waals surface area (Å²) in [5.41, 5.74) is 3.27. The third-order valence-corrected chi connectivity index (χ3v) is 5.40. The molecule has 0 fully saturated rings. The van der Waals surface area contributed by atoms with E-state index in [0.29, 0.717) is 36.0 Å². The quantitative estimate of drug-likeness (QED) is 0.158. The SMILES string of the molecule is CCOc1cc(/C=C(\C#N)C(=O)Nc2ccc(O)cc2)cc(I)c1OCc1cccc(C)c1. The summed E-state index contributed by atoms with van der Waals surface area (Å²) in [6, 6.07) is 19.6. The molecule has 0 aliphatic heterocycles. The van der Waals surface area contributed by atoms with E-state index in [1.54, 1.807) is 18.2 Å². The zero-order valence-electron chi connectivity index (χ0n) is 18.3. The third kappa shape index (κ3) is 6.73. The van der Waals surface area contributed by atoms with Gasteiger partial charge < -0.3 is 19.9 Å². The van der Waals surface area contributed by atoms with Crippen LogP contribution in [0.15, 0.2) is 66.2 Å². The molecule has 0 atom stereocenters. The summed E-state index contributed by atoms with van der Waals surface area (Å²) in [6.45, 7) is 4.75. The van der Waals surface area contributed by atoms with Crippen LogP contribution < -0.4 is 14.8 Å². The molecule has 1 amide bonds. The number of nitrogens with zero attached hydrogens (tertiary/aromatic N) is 1. The second-order valence-electron chi connectivity index (χ2n) is 7.21. The van der Waals surface area contributed by atoms with Gasteiger partial charge >= 0.3 is 0 Å². The molecule has 0 unspecified atom stereocenters. The Morgan fingerprint density at radius 1 is 1.15 bits per heavy atom. The van der Waals surface area contributed by atoms with Gasteiger partial charge in [0.25, 0.3) is 5.91 Å². The molecule has 0 saturated heterocycles. The van der Waals surface area contributed by atoms with Crippen LogP contribution >= 0.6 is 22.6 Å². The second-order valence-corrected chi connectivity index (χ2v) is 8.37. The normalized spacial score (nSPS) is 10.9. The number of phenols is 1. The number of benzene rings is 3. The Morgan fingerprint density at radius 2 is 1.91 bits per heavy atom. The molecule has 0 heterocycles. The van der Waals surface area contributed by atoms with Crippen molar-refractivity contribution in [1.29, 1.82) is 5.26 Å². The van der Waals surface area contributed by atoms with Crippen molar-refractivity contribution >= 4 is 40.3 Å². The van der Waals surface area contributed by atoms with E-state index < -0.39 is 5.91 Å². The summed E-state index contributed by atoms with van der Waals surface area (Å²) in [5, 5.41) is 21.6. The summed E-state index contributed by atoms with van der Waals surface area (Å²) < 4.78 is 12.7. The number of aryl methyl sites for hydroxylation is 1. The van der Waals surface area contributed by atoms with Crippen LogP contribution in [0.5, 0.6) is 17.2 Å². The summed E-state index contributed by atoms with van der Waals surface area (Å²) in [4.78, 5) is 12.6. The number of ether oxygens (including phenoxy) is 2. The Labute approximate surface area is 206 Å². The van der Waals surface area contributed by atoms with E-state index in [9.17, 15) is 15.2 Å². The molecular weight excluding hydrogens is 531 g/mol. The van der Waals surface area contributed by atoms with Gasteiger partial charge in [0.15, 0.2) is 11.5 Å². The predicted molar refractivity (Wildman–Crippen MR) is 136 cm³/mol. The Morgan fingerprint density at radius 3 is 2.58 bits per heavy atom. The molecular formula is C26H23IN2O4. The predicted octanol–water partition coefficient (Wildman–Crippen LogP) is 5.83. The molecule has 0 radical (unpaired) electrons. The first-order valence-corrected chi connectivity index (χ1v) is 11.3. The number of nitrogens with one attached hydrogen (secondary N) is 1. The monoisotopic (exact) mass is 554 g/mol. The molecule has 3 aromatic carbocycles. The van der Waals surface area contributed by atoms with E-state index >= 15 is 0 Å². The van der Waals surface area contributed by atoms with E-state index in [-0.39, 0.29) is 11.3 Å². The number of halogens is 1. The van der Waals surface area contributed by atoms with Crippen LogP contribution in [0.25, 0.3) is 6.08 Å². The van der Waals surface area contributed by atoms with Crippen LogP contribution in [-0.4, -0.2) is 17.6 Å². The van der Waals surface area contributed by atoms with Gasteiger partial charge in [-0.05, 0) is 90.0 Å². The molecule has 0 saturated carbocycles. The molecule has 0 aromatic heterocycles. The van der Waals surface area contributed by atoms with E-state index in [0.717, 1.165) is 14.7 Å². The molecule has 0 bridgehead atoms. The molecule has 3 rings (SSSR count). The van der Waals surface area contributed by atoms with Gasteiger partial charge in [0, 0.05) is 5.69 Å². The number of amides is 1. The number of phenolic OH excluding ortho intramolecular Hbond substituents is 1. The van der Waals surface area contributed by atoms with Crippen LogP contribution in [-0.2, 0) is 11.4 Å². The number of anilines is 1. The maximum absolute atomic E-state index is 12.6. The van der Waals surface area contributed by atoms with Crippen molar-refractivity contribution < 1.29 is 19.4 Å². The highest BCUT2D eigenvalue weighted by Crippen LogP contribution is 2.35. The maximum atomic E-state index is 12.6. The highest BCUT2D eigenvalue weighted by atomic mass is 127. The minimum absolute atomic E-state index is 0.0604. The average Bonchev–Trinajstić information content (AvgIpc) is 2.78. The van der Waals surface area contributed by atoms with Gasteiger partial charge in [-0.1, -0.05) is 29.8 Å². The van der Waals surface area contributed by atoms with Gasteiger partial charge in [0.2, 0.25) is 0 Å². The fourth-order valence-corrected chi connectivity index (χ4v) is 3.87. The van der Waals surface area contributed by atoms with Gasteiger partial charge in [0.1, 0.15) is 24.0 Å². The molecule has 168 valence electrons. The topological polar surface area (TPSA) is 91.6 Å². The molecule has 0 aliphatic carbocycles. The minimum atomic E-state index is -0.545. The number of hydrogen-bond acceptors (Lipinski definition) is 5. The van der Waals surface area contributed by atoms with Crippen LogP contribution in [0, 0.1) is 21.8 Å². The lowest BCUT2D eigenvalue weighted by Crippen LogP contribution is -2.13. The van der Waals surface area contributed by atoms with Crippen molar-refractivity contribution in [3.63, 3.8) is 0 Å². The number of rotatable bonds is 8. The zero-order chi connectivity index (χ0) is 23.8.